The molecule has 0 saturated heterocycles. The van der Waals surface area contributed by atoms with Crippen LogP contribution in [0.3, 0.4) is 0 Å². The monoisotopic (exact) mass is 266 g/mol. The van der Waals surface area contributed by atoms with Crippen LogP contribution in [-0.2, 0) is 0 Å². The van der Waals surface area contributed by atoms with Gasteiger partial charge >= 0.3 is 0 Å². The van der Waals surface area contributed by atoms with Crippen molar-refractivity contribution in [3.8, 4) is 0 Å². The number of allylic oxidation sites excluding steroid dienone is 1. The number of hydrazine groups is 1. The number of hydrogen-bond donors (Lipinski definition) is 2. The highest BCUT2D eigenvalue weighted by atomic mass is 35.5. The van der Waals surface area contributed by atoms with Gasteiger partial charge in [0.15, 0.2) is 0 Å². The van der Waals surface area contributed by atoms with Gasteiger partial charge in [-0.1, -0.05) is 36.6 Å². The molecule has 3 heteroatoms. The lowest BCUT2D eigenvalue weighted by atomic mass is 9.97. The number of unbranched alkanes of at least 4 members (excludes halogenated alkanes) is 3. The Labute approximate surface area is 115 Å². The maximum Gasteiger partial charge on any atom is 0.0463 e. The molecule has 0 aliphatic heterocycles. The van der Waals surface area contributed by atoms with Crippen molar-refractivity contribution in [2.45, 2.75) is 45.1 Å². The van der Waals surface area contributed by atoms with Crippen LogP contribution in [0.1, 0.15) is 49.3 Å². The minimum absolute atomic E-state index is 0.187. The van der Waals surface area contributed by atoms with E-state index in [1.54, 1.807) is 0 Å². The molecule has 0 heterocycles. The smallest absolute Gasteiger partial charge is 0.0463 e. The third kappa shape index (κ3) is 4.81. The Morgan fingerprint density at radius 1 is 1.39 bits per heavy atom. The number of aryl methyl sites for hydroxylation is 1. The number of nitrogens with two attached hydrogens (primary N) is 1. The zero-order valence-corrected chi connectivity index (χ0v) is 11.8. The standard InChI is InChI=1S/C15H23ClN2/c1-3-4-5-6-7-8-15(18-17)14-11-13(16)10-9-12(14)2/h3,9-11,15,18H,1,4-8,17H2,2H3. The number of benzene rings is 1. The molecule has 0 fully saturated rings. The Balaban J connectivity index is 2.54. The van der Waals surface area contributed by atoms with Crippen molar-refractivity contribution < 1.29 is 0 Å². The summed E-state index contributed by atoms with van der Waals surface area (Å²) in [7, 11) is 0. The van der Waals surface area contributed by atoms with Crippen LogP contribution in [0.2, 0.25) is 5.02 Å². The summed E-state index contributed by atoms with van der Waals surface area (Å²) in [6.07, 6.45) is 7.68. The van der Waals surface area contributed by atoms with Crippen LogP contribution in [-0.4, -0.2) is 0 Å². The molecule has 0 saturated carbocycles. The second-order valence-electron chi connectivity index (χ2n) is 4.65. The third-order valence-corrected chi connectivity index (χ3v) is 3.45. The van der Waals surface area contributed by atoms with E-state index < -0.39 is 0 Å². The fraction of sp³-hybridized carbons (Fsp3) is 0.467. The van der Waals surface area contributed by atoms with Gasteiger partial charge in [0.05, 0.1) is 0 Å². The minimum Gasteiger partial charge on any atom is -0.271 e. The molecule has 100 valence electrons. The first kappa shape index (κ1) is 15.2. The number of rotatable bonds is 8. The second kappa shape index (κ2) is 8.30. The van der Waals surface area contributed by atoms with E-state index >= 15 is 0 Å². The van der Waals surface area contributed by atoms with E-state index in [1.807, 2.05) is 24.3 Å². The summed E-state index contributed by atoms with van der Waals surface area (Å²) in [5, 5.41) is 0.766. The fourth-order valence-electron chi connectivity index (χ4n) is 2.13. The maximum absolute atomic E-state index is 6.04. The molecular formula is C15H23ClN2. The summed E-state index contributed by atoms with van der Waals surface area (Å²) < 4.78 is 0. The summed E-state index contributed by atoms with van der Waals surface area (Å²) in [6.45, 7) is 5.82. The molecule has 0 bridgehead atoms. The average Bonchev–Trinajstić information content (AvgIpc) is 2.37. The molecule has 3 N–H and O–H groups in total. The van der Waals surface area contributed by atoms with Crippen molar-refractivity contribution in [1.29, 1.82) is 0 Å². The minimum atomic E-state index is 0.187. The van der Waals surface area contributed by atoms with Crippen LogP contribution in [0.25, 0.3) is 0 Å². The predicted octanol–water partition coefficient (Wildman–Crippen LogP) is 4.29. The summed E-state index contributed by atoms with van der Waals surface area (Å²) in [6, 6.07) is 6.15. The first-order valence-corrected chi connectivity index (χ1v) is 6.90. The van der Waals surface area contributed by atoms with Crippen LogP contribution in [0.4, 0.5) is 0 Å². The molecular weight excluding hydrogens is 244 g/mol. The van der Waals surface area contributed by atoms with E-state index in [1.165, 1.54) is 24.0 Å². The molecule has 1 aromatic carbocycles. The maximum atomic E-state index is 6.04. The van der Waals surface area contributed by atoms with Crippen molar-refractivity contribution in [2.24, 2.45) is 5.84 Å². The van der Waals surface area contributed by atoms with E-state index in [4.69, 9.17) is 17.4 Å². The molecule has 0 aliphatic rings. The van der Waals surface area contributed by atoms with Crippen molar-refractivity contribution in [1.82, 2.24) is 5.43 Å². The van der Waals surface area contributed by atoms with Crippen molar-refractivity contribution >= 4 is 11.6 Å². The van der Waals surface area contributed by atoms with Crippen LogP contribution in [0.15, 0.2) is 30.9 Å². The van der Waals surface area contributed by atoms with Gasteiger partial charge < -0.3 is 0 Å². The van der Waals surface area contributed by atoms with Gasteiger partial charge in [-0.3, -0.25) is 11.3 Å². The molecule has 18 heavy (non-hydrogen) atoms. The van der Waals surface area contributed by atoms with Gasteiger partial charge in [-0.05, 0) is 49.4 Å². The summed E-state index contributed by atoms with van der Waals surface area (Å²) in [4.78, 5) is 0. The lowest BCUT2D eigenvalue weighted by molar-refractivity contribution is 0.482. The number of nitrogens with one attached hydrogen (secondary N) is 1. The molecule has 1 rings (SSSR count). The predicted molar refractivity (Wildman–Crippen MR) is 79.5 cm³/mol. The summed E-state index contributed by atoms with van der Waals surface area (Å²) in [5.41, 5.74) is 5.33. The topological polar surface area (TPSA) is 38.0 Å². The van der Waals surface area contributed by atoms with Gasteiger partial charge in [-0.25, -0.2) is 0 Å². The largest absolute Gasteiger partial charge is 0.271 e. The van der Waals surface area contributed by atoms with Crippen LogP contribution < -0.4 is 11.3 Å². The Hall–Kier alpha value is -0.830. The molecule has 0 aromatic heterocycles. The van der Waals surface area contributed by atoms with Crippen molar-refractivity contribution in [3.05, 3.63) is 47.0 Å². The molecule has 1 aromatic rings. The van der Waals surface area contributed by atoms with Gasteiger partial charge in [0.1, 0.15) is 0 Å². The van der Waals surface area contributed by atoms with Gasteiger partial charge in [0.2, 0.25) is 0 Å². The third-order valence-electron chi connectivity index (χ3n) is 3.22. The quantitative estimate of drug-likeness (QED) is 0.319. The highest BCUT2D eigenvalue weighted by Gasteiger charge is 2.12. The van der Waals surface area contributed by atoms with E-state index in [0.29, 0.717) is 0 Å². The number of hydrogen-bond acceptors (Lipinski definition) is 2. The zero-order chi connectivity index (χ0) is 13.4. The first-order valence-electron chi connectivity index (χ1n) is 6.52. The number of halogens is 1. The average molecular weight is 267 g/mol. The van der Waals surface area contributed by atoms with Crippen molar-refractivity contribution in [2.75, 3.05) is 0 Å². The lowest BCUT2D eigenvalue weighted by Crippen LogP contribution is -2.28. The van der Waals surface area contributed by atoms with Gasteiger partial charge in [0, 0.05) is 11.1 Å². The molecule has 0 spiro atoms. The molecule has 0 radical (unpaired) electrons. The van der Waals surface area contributed by atoms with Gasteiger partial charge in [-0.15, -0.1) is 6.58 Å². The van der Waals surface area contributed by atoms with Crippen LogP contribution >= 0.6 is 11.6 Å². The zero-order valence-electron chi connectivity index (χ0n) is 11.1. The molecule has 1 unspecified atom stereocenters. The van der Waals surface area contributed by atoms with Gasteiger partial charge in [-0.2, -0.15) is 0 Å². The first-order chi connectivity index (χ1) is 8.69. The highest BCUT2D eigenvalue weighted by molar-refractivity contribution is 6.30. The molecule has 1 atom stereocenters. The SMILES string of the molecule is C=CCCCCCC(NN)c1cc(Cl)ccc1C. The highest BCUT2D eigenvalue weighted by Crippen LogP contribution is 2.25. The Morgan fingerprint density at radius 2 is 2.17 bits per heavy atom. The fourth-order valence-corrected chi connectivity index (χ4v) is 2.31. The van der Waals surface area contributed by atoms with E-state index in [-0.39, 0.29) is 6.04 Å². The Kier molecular flexibility index (Phi) is 7.02. The second-order valence-corrected chi connectivity index (χ2v) is 5.08. The van der Waals surface area contributed by atoms with E-state index in [9.17, 15) is 0 Å². The van der Waals surface area contributed by atoms with Gasteiger partial charge in [0.25, 0.3) is 0 Å². The van der Waals surface area contributed by atoms with Crippen molar-refractivity contribution in [3.63, 3.8) is 0 Å². The Bertz CT molecular complexity index is 377. The van der Waals surface area contributed by atoms with Crippen LogP contribution in [0, 0.1) is 6.92 Å². The summed E-state index contributed by atoms with van der Waals surface area (Å²) >= 11 is 6.04. The lowest BCUT2D eigenvalue weighted by Gasteiger charge is -2.18. The molecule has 0 amide bonds. The molecule has 0 aliphatic carbocycles. The van der Waals surface area contributed by atoms with Crippen LogP contribution in [0.5, 0.6) is 0 Å². The molecule has 2 nitrogen and oxygen atoms in total. The van der Waals surface area contributed by atoms with E-state index in [0.717, 1.165) is 24.3 Å². The summed E-state index contributed by atoms with van der Waals surface area (Å²) in [5.74, 6) is 5.66. The normalized spacial score (nSPS) is 12.4. The van der Waals surface area contributed by atoms with E-state index in [2.05, 4.69) is 18.9 Å². The Morgan fingerprint density at radius 3 is 2.83 bits per heavy atom.